The van der Waals surface area contributed by atoms with Gasteiger partial charge in [-0.15, -0.1) is 0 Å². The summed E-state index contributed by atoms with van der Waals surface area (Å²) >= 11 is 2.27. The Bertz CT molecular complexity index is 462. The largest absolute Gasteiger partial charge is 0.444 e. The fraction of sp³-hybridized carbons (Fsp3) is 0.571. The van der Waals surface area contributed by atoms with Gasteiger partial charge >= 0.3 is 6.09 Å². The maximum atomic E-state index is 12.0. The van der Waals surface area contributed by atoms with Crippen molar-refractivity contribution < 1.29 is 14.5 Å². The number of aromatic nitrogens is 1. The van der Waals surface area contributed by atoms with Crippen LogP contribution in [0.2, 0.25) is 0 Å². The van der Waals surface area contributed by atoms with E-state index in [-0.39, 0.29) is 6.09 Å². The van der Waals surface area contributed by atoms with Gasteiger partial charge in [-0.1, -0.05) is 0 Å². The van der Waals surface area contributed by atoms with Crippen molar-refractivity contribution in [3.05, 3.63) is 21.9 Å². The van der Waals surface area contributed by atoms with E-state index >= 15 is 0 Å². The summed E-state index contributed by atoms with van der Waals surface area (Å²) in [6.07, 6.45) is 1.76. The first-order valence-corrected chi connectivity index (χ1v) is 7.83. The van der Waals surface area contributed by atoms with Crippen molar-refractivity contribution in [3.63, 3.8) is 0 Å². The average Bonchev–Trinajstić information content (AvgIpc) is 2.38. The van der Waals surface area contributed by atoms with Crippen LogP contribution in [0.5, 0.6) is 0 Å². The van der Waals surface area contributed by atoms with Crippen LogP contribution in [0.3, 0.4) is 0 Å². The summed E-state index contributed by atoms with van der Waals surface area (Å²) < 4.78 is 6.57. The van der Waals surface area contributed by atoms with Crippen LogP contribution in [-0.2, 0) is 4.74 Å². The van der Waals surface area contributed by atoms with E-state index < -0.39 is 5.60 Å². The minimum absolute atomic E-state index is 0.219. The van der Waals surface area contributed by atoms with Crippen molar-refractivity contribution in [2.45, 2.75) is 26.4 Å². The van der Waals surface area contributed by atoms with Crippen molar-refractivity contribution >= 4 is 34.5 Å². The molecule has 0 saturated carbocycles. The zero-order valence-corrected chi connectivity index (χ0v) is 14.3. The molecule has 20 heavy (non-hydrogen) atoms. The lowest BCUT2D eigenvalue weighted by Crippen LogP contribution is -2.51. The van der Waals surface area contributed by atoms with Gasteiger partial charge in [-0.05, 0) is 49.4 Å². The van der Waals surface area contributed by atoms with Crippen LogP contribution in [0.15, 0.2) is 18.3 Å². The van der Waals surface area contributed by atoms with Crippen LogP contribution in [-0.4, -0.2) is 42.8 Å². The number of aromatic amines is 1. The van der Waals surface area contributed by atoms with Gasteiger partial charge in [0.1, 0.15) is 24.9 Å². The molecule has 1 amide bonds. The standard InChI is InChI=1S/C14H20IN3O2/c1-14(2,3)20-13(19)18-8-6-17(7-9-18)12-5-4-11(15)10-16-12/h4-5,10H,6-9H2,1-3H3/p+1. The molecule has 0 spiro atoms. The lowest BCUT2D eigenvalue weighted by Gasteiger charge is -2.32. The molecule has 0 aromatic carbocycles. The molecule has 1 aliphatic heterocycles. The number of hydrogen-bond donors (Lipinski definition) is 0. The fourth-order valence-corrected chi connectivity index (χ4v) is 2.39. The number of carbonyl (C=O) groups is 1. The van der Waals surface area contributed by atoms with Crippen molar-refractivity contribution in [2.75, 3.05) is 31.1 Å². The maximum Gasteiger partial charge on any atom is 0.410 e. The monoisotopic (exact) mass is 390 g/mol. The van der Waals surface area contributed by atoms with Gasteiger partial charge in [0.2, 0.25) is 0 Å². The Hall–Kier alpha value is -1.05. The van der Waals surface area contributed by atoms with Crippen LogP contribution in [0, 0.1) is 3.57 Å². The van der Waals surface area contributed by atoms with E-state index in [0.717, 1.165) is 18.9 Å². The van der Waals surface area contributed by atoms with Crippen molar-refractivity contribution in [3.8, 4) is 0 Å². The molecule has 2 heterocycles. The van der Waals surface area contributed by atoms with Crippen LogP contribution >= 0.6 is 22.6 Å². The van der Waals surface area contributed by atoms with E-state index in [0.29, 0.717) is 13.1 Å². The quantitative estimate of drug-likeness (QED) is 0.691. The number of carbonyl (C=O) groups excluding carboxylic acids is 1. The number of pyridine rings is 1. The smallest absolute Gasteiger partial charge is 0.410 e. The molecule has 1 aliphatic rings. The Morgan fingerprint density at radius 2 is 1.90 bits per heavy atom. The molecule has 110 valence electrons. The van der Waals surface area contributed by atoms with E-state index in [1.54, 1.807) is 4.90 Å². The first-order valence-electron chi connectivity index (χ1n) is 6.75. The molecule has 0 unspecified atom stereocenters. The molecule has 6 heteroatoms. The summed E-state index contributed by atoms with van der Waals surface area (Å²) in [6, 6.07) is 4.15. The van der Waals surface area contributed by atoms with Gasteiger partial charge in [-0.3, -0.25) is 4.90 Å². The molecule has 1 aromatic rings. The maximum absolute atomic E-state index is 12.0. The van der Waals surface area contributed by atoms with Gasteiger partial charge in [0.15, 0.2) is 0 Å². The molecule has 0 atom stereocenters. The van der Waals surface area contributed by atoms with Crippen LogP contribution in [0.4, 0.5) is 10.6 Å². The summed E-state index contributed by atoms with van der Waals surface area (Å²) in [7, 11) is 0. The first-order chi connectivity index (χ1) is 9.35. The molecule has 1 fully saturated rings. The number of piperazine rings is 1. The van der Waals surface area contributed by atoms with E-state index in [9.17, 15) is 4.79 Å². The highest BCUT2D eigenvalue weighted by Crippen LogP contribution is 2.15. The number of halogens is 1. The molecule has 2 rings (SSSR count). The average molecular weight is 390 g/mol. The highest BCUT2D eigenvalue weighted by atomic mass is 127. The number of H-pyrrole nitrogens is 1. The fourth-order valence-electron chi connectivity index (χ4n) is 2.05. The lowest BCUT2D eigenvalue weighted by atomic mass is 10.2. The third kappa shape index (κ3) is 4.22. The normalized spacial score (nSPS) is 16.2. The van der Waals surface area contributed by atoms with Gasteiger partial charge in [0.05, 0.1) is 16.7 Å². The van der Waals surface area contributed by atoms with Gasteiger partial charge in [-0.2, -0.15) is 0 Å². The number of ether oxygens (including phenoxy) is 1. The predicted octanol–water partition coefficient (Wildman–Crippen LogP) is 2.16. The molecular weight excluding hydrogens is 369 g/mol. The molecule has 1 aromatic heterocycles. The van der Waals surface area contributed by atoms with Gasteiger partial charge in [0, 0.05) is 6.07 Å². The van der Waals surface area contributed by atoms with Gasteiger partial charge in [-0.25, -0.2) is 9.78 Å². The van der Waals surface area contributed by atoms with E-state index in [1.165, 1.54) is 3.57 Å². The number of nitrogens with one attached hydrogen (secondary N) is 1. The zero-order valence-electron chi connectivity index (χ0n) is 12.1. The molecule has 5 nitrogen and oxygen atoms in total. The Kier molecular flexibility index (Phi) is 4.72. The summed E-state index contributed by atoms with van der Waals surface area (Å²) in [5.41, 5.74) is -0.432. The minimum atomic E-state index is -0.432. The summed E-state index contributed by atoms with van der Waals surface area (Å²) in [5, 5.41) is 0. The van der Waals surface area contributed by atoms with Crippen LogP contribution in [0.25, 0.3) is 0 Å². The van der Waals surface area contributed by atoms with Gasteiger partial charge in [0.25, 0.3) is 5.82 Å². The van der Waals surface area contributed by atoms with E-state index in [4.69, 9.17) is 4.74 Å². The molecule has 0 aliphatic carbocycles. The van der Waals surface area contributed by atoms with Crippen molar-refractivity contribution in [1.29, 1.82) is 0 Å². The second-order valence-corrected chi connectivity index (χ2v) is 7.09. The van der Waals surface area contributed by atoms with E-state index in [1.807, 2.05) is 27.0 Å². The SMILES string of the molecule is CC(C)(C)OC(=O)N1CCN(c2ccc(I)c[nH+]2)CC1. The number of rotatable bonds is 1. The molecule has 1 N–H and O–H groups in total. The first kappa shape index (κ1) is 15.3. The van der Waals surface area contributed by atoms with Crippen LogP contribution in [0.1, 0.15) is 20.8 Å². The minimum Gasteiger partial charge on any atom is -0.444 e. The third-order valence-electron chi connectivity index (χ3n) is 3.03. The molecule has 0 radical (unpaired) electrons. The Balaban J connectivity index is 1.89. The highest BCUT2D eigenvalue weighted by molar-refractivity contribution is 14.1. The van der Waals surface area contributed by atoms with Gasteiger partial charge < -0.3 is 9.64 Å². The third-order valence-corrected chi connectivity index (χ3v) is 3.70. The molecular formula is C14H21IN3O2+. The molecule has 1 saturated heterocycles. The Morgan fingerprint density at radius 3 is 2.40 bits per heavy atom. The zero-order chi connectivity index (χ0) is 14.8. The number of amides is 1. The Morgan fingerprint density at radius 1 is 1.25 bits per heavy atom. The van der Waals surface area contributed by atoms with Crippen molar-refractivity contribution in [2.24, 2.45) is 0 Å². The number of anilines is 1. The van der Waals surface area contributed by atoms with E-state index in [2.05, 4.69) is 44.6 Å². The topological polar surface area (TPSA) is 46.9 Å². The second kappa shape index (κ2) is 6.15. The number of nitrogens with zero attached hydrogens (tertiary/aromatic N) is 2. The highest BCUT2D eigenvalue weighted by Gasteiger charge is 2.29. The summed E-state index contributed by atoms with van der Waals surface area (Å²) in [5.74, 6) is 1.09. The lowest BCUT2D eigenvalue weighted by molar-refractivity contribution is -0.365. The summed E-state index contributed by atoms with van der Waals surface area (Å²) in [4.78, 5) is 19.3. The Labute approximate surface area is 133 Å². The second-order valence-electron chi connectivity index (χ2n) is 5.85. The van der Waals surface area contributed by atoms with Crippen molar-refractivity contribution in [1.82, 2.24) is 4.90 Å². The van der Waals surface area contributed by atoms with Crippen LogP contribution < -0.4 is 9.88 Å². The number of hydrogen-bond acceptors (Lipinski definition) is 3. The summed E-state index contributed by atoms with van der Waals surface area (Å²) in [6.45, 7) is 8.68. The molecule has 0 bridgehead atoms. The predicted molar refractivity (Wildman–Crippen MR) is 85.7 cm³/mol.